The predicted molar refractivity (Wildman–Crippen MR) is 57.7 cm³/mol. The van der Waals surface area contributed by atoms with Crippen LogP contribution in [0.1, 0.15) is 11.7 Å². The lowest BCUT2D eigenvalue weighted by atomic mass is 10.1. The number of aliphatic hydroxyl groups excluding tert-OH is 1. The molecule has 0 bridgehead atoms. The fourth-order valence-electron chi connectivity index (χ4n) is 1.72. The molecule has 16 heavy (non-hydrogen) atoms. The number of para-hydroxylation sites is 1. The van der Waals surface area contributed by atoms with Crippen molar-refractivity contribution >= 4 is 16.9 Å². The number of carbonyl (C=O) groups is 1. The van der Waals surface area contributed by atoms with Crippen LogP contribution in [0.5, 0.6) is 0 Å². The number of nitrogens with zero attached hydrogens (tertiary/aromatic N) is 2. The average molecular weight is 220 g/mol. The summed E-state index contributed by atoms with van der Waals surface area (Å²) in [5.41, 5.74) is 1.24. The lowest BCUT2D eigenvalue weighted by Crippen LogP contribution is -2.14. The number of carbonyl (C=O) groups excluding carboxylic acids is 1. The number of hydrogen-bond acceptors (Lipinski definition) is 4. The van der Waals surface area contributed by atoms with Crippen molar-refractivity contribution in [2.24, 2.45) is 7.05 Å². The lowest BCUT2D eigenvalue weighted by Gasteiger charge is -2.10. The molecule has 1 unspecified atom stereocenters. The first-order chi connectivity index (χ1) is 7.65. The van der Waals surface area contributed by atoms with E-state index in [1.165, 1.54) is 7.11 Å². The summed E-state index contributed by atoms with van der Waals surface area (Å²) in [4.78, 5) is 11.3. The Hall–Kier alpha value is -1.88. The molecule has 5 heteroatoms. The summed E-state index contributed by atoms with van der Waals surface area (Å²) in [7, 11) is 3.00. The third-order valence-electron chi connectivity index (χ3n) is 2.51. The summed E-state index contributed by atoms with van der Waals surface area (Å²) in [5.74, 6) is -0.672. The number of esters is 1. The van der Waals surface area contributed by atoms with Crippen molar-refractivity contribution in [3.8, 4) is 0 Å². The zero-order valence-corrected chi connectivity index (χ0v) is 9.04. The summed E-state index contributed by atoms with van der Waals surface area (Å²) < 4.78 is 6.14. The average Bonchev–Trinajstić information content (AvgIpc) is 2.69. The largest absolute Gasteiger partial charge is 0.467 e. The SMILES string of the molecule is COC(=O)C(O)c1cccc2cnn(C)c12. The van der Waals surface area contributed by atoms with Crippen LogP contribution < -0.4 is 0 Å². The molecule has 0 saturated carbocycles. The molecule has 5 nitrogen and oxygen atoms in total. The summed E-state index contributed by atoms with van der Waals surface area (Å²) in [6.45, 7) is 0. The molecule has 1 heterocycles. The third kappa shape index (κ3) is 1.55. The Morgan fingerprint density at radius 2 is 2.31 bits per heavy atom. The first-order valence-electron chi connectivity index (χ1n) is 4.81. The molecule has 0 radical (unpaired) electrons. The highest BCUT2D eigenvalue weighted by molar-refractivity contribution is 5.87. The highest BCUT2D eigenvalue weighted by atomic mass is 16.5. The number of ether oxygens (including phenoxy) is 1. The second-order valence-corrected chi connectivity index (χ2v) is 3.48. The summed E-state index contributed by atoms with van der Waals surface area (Å²) in [6, 6.07) is 5.33. The number of aliphatic hydroxyl groups is 1. The van der Waals surface area contributed by atoms with Gasteiger partial charge in [0.2, 0.25) is 0 Å². The van der Waals surface area contributed by atoms with Gasteiger partial charge in [-0.05, 0) is 0 Å². The zero-order chi connectivity index (χ0) is 11.7. The first-order valence-corrected chi connectivity index (χ1v) is 4.81. The van der Waals surface area contributed by atoms with Gasteiger partial charge in [0.05, 0.1) is 18.8 Å². The van der Waals surface area contributed by atoms with Crippen LogP contribution in [0.25, 0.3) is 10.9 Å². The minimum absolute atomic E-state index is 0.504. The van der Waals surface area contributed by atoms with Gasteiger partial charge in [0, 0.05) is 18.0 Å². The molecule has 0 aliphatic carbocycles. The molecule has 1 aromatic heterocycles. The third-order valence-corrected chi connectivity index (χ3v) is 2.51. The van der Waals surface area contributed by atoms with Crippen molar-refractivity contribution in [2.75, 3.05) is 7.11 Å². The Bertz CT molecular complexity index is 533. The number of rotatable bonds is 2. The highest BCUT2D eigenvalue weighted by Crippen LogP contribution is 2.24. The van der Waals surface area contributed by atoms with E-state index in [1.54, 1.807) is 30.1 Å². The van der Waals surface area contributed by atoms with Crippen LogP contribution >= 0.6 is 0 Å². The van der Waals surface area contributed by atoms with E-state index in [1.807, 2.05) is 6.07 Å². The Morgan fingerprint density at radius 3 is 3.00 bits per heavy atom. The van der Waals surface area contributed by atoms with Crippen molar-refractivity contribution in [3.63, 3.8) is 0 Å². The van der Waals surface area contributed by atoms with Gasteiger partial charge in [-0.1, -0.05) is 18.2 Å². The molecule has 0 amide bonds. The summed E-state index contributed by atoms with van der Waals surface area (Å²) >= 11 is 0. The number of fused-ring (bicyclic) bond motifs is 1. The molecule has 1 N–H and O–H groups in total. The van der Waals surface area contributed by atoms with Crippen LogP contribution in [0.4, 0.5) is 0 Å². The molecule has 0 saturated heterocycles. The van der Waals surface area contributed by atoms with Crippen LogP contribution in [0, 0.1) is 0 Å². The Kier molecular flexibility index (Phi) is 2.62. The topological polar surface area (TPSA) is 64.3 Å². The zero-order valence-electron chi connectivity index (χ0n) is 9.04. The fourth-order valence-corrected chi connectivity index (χ4v) is 1.72. The van der Waals surface area contributed by atoms with Gasteiger partial charge in [0.25, 0.3) is 0 Å². The molecule has 2 aromatic rings. The van der Waals surface area contributed by atoms with E-state index < -0.39 is 12.1 Å². The summed E-state index contributed by atoms with van der Waals surface area (Å²) in [6.07, 6.45) is 0.409. The van der Waals surface area contributed by atoms with Gasteiger partial charge in [-0.15, -0.1) is 0 Å². The van der Waals surface area contributed by atoms with E-state index >= 15 is 0 Å². The van der Waals surface area contributed by atoms with Crippen LogP contribution in [-0.2, 0) is 16.6 Å². The van der Waals surface area contributed by atoms with Crippen molar-refractivity contribution in [2.45, 2.75) is 6.10 Å². The van der Waals surface area contributed by atoms with Crippen molar-refractivity contribution < 1.29 is 14.6 Å². The minimum Gasteiger partial charge on any atom is -0.467 e. The van der Waals surface area contributed by atoms with Gasteiger partial charge in [-0.2, -0.15) is 5.10 Å². The van der Waals surface area contributed by atoms with E-state index in [4.69, 9.17) is 0 Å². The van der Waals surface area contributed by atoms with Crippen LogP contribution in [0.3, 0.4) is 0 Å². The molecule has 0 fully saturated rings. The number of methoxy groups -OCH3 is 1. The maximum absolute atomic E-state index is 11.3. The predicted octanol–water partition coefficient (Wildman–Crippen LogP) is 0.780. The van der Waals surface area contributed by atoms with Crippen molar-refractivity contribution in [3.05, 3.63) is 30.0 Å². The van der Waals surface area contributed by atoms with Gasteiger partial charge in [-0.3, -0.25) is 4.68 Å². The second-order valence-electron chi connectivity index (χ2n) is 3.48. The van der Waals surface area contributed by atoms with Crippen LogP contribution in [0.2, 0.25) is 0 Å². The van der Waals surface area contributed by atoms with Gasteiger partial charge in [0.1, 0.15) is 0 Å². The number of benzene rings is 1. The normalized spacial score (nSPS) is 12.7. The van der Waals surface area contributed by atoms with Crippen molar-refractivity contribution in [1.82, 2.24) is 9.78 Å². The number of hydrogen-bond donors (Lipinski definition) is 1. The molecule has 0 spiro atoms. The quantitative estimate of drug-likeness (QED) is 0.759. The molecule has 1 aromatic carbocycles. The minimum atomic E-state index is -1.27. The Balaban J connectivity index is 2.59. The molecule has 1 atom stereocenters. The van der Waals surface area contributed by atoms with E-state index in [0.717, 1.165) is 10.9 Å². The van der Waals surface area contributed by atoms with E-state index in [2.05, 4.69) is 9.84 Å². The fraction of sp³-hybridized carbons (Fsp3) is 0.273. The van der Waals surface area contributed by atoms with E-state index in [-0.39, 0.29) is 0 Å². The van der Waals surface area contributed by atoms with Gasteiger partial charge in [-0.25, -0.2) is 4.79 Å². The maximum atomic E-state index is 11.3. The highest BCUT2D eigenvalue weighted by Gasteiger charge is 2.21. The van der Waals surface area contributed by atoms with Crippen LogP contribution in [-0.4, -0.2) is 28.0 Å². The van der Waals surface area contributed by atoms with Gasteiger partial charge < -0.3 is 9.84 Å². The first kappa shape index (κ1) is 10.6. The van der Waals surface area contributed by atoms with Gasteiger partial charge >= 0.3 is 5.97 Å². The number of aromatic nitrogens is 2. The second kappa shape index (κ2) is 3.94. The molecule has 84 valence electrons. The van der Waals surface area contributed by atoms with Gasteiger partial charge in [0.15, 0.2) is 6.10 Å². The Morgan fingerprint density at radius 1 is 1.56 bits per heavy atom. The summed E-state index contributed by atoms with van der Waals surface area (Å²) in [5, 5.41) is 14.8. The maximum Gasteiger partial charge on any atom is 0.339 e. The van der Waals surface area contributed by atoms with E-state index in [0.29, 0.717) is 5.56 Å². The van der Waals surface area contributed by atoms with Crippen molar-refractivity contribution in [1.29, 1.82) is 0 Å². The molecule has 0 aliphatic heterocycles. The van der Waals surface area contributed by atoms with E-state index in [9.17, 15) is 9.90 Å². The molecular weight excluding hydrogens is 208 g/mol. The van der Waals surface area contributed by atoms with Crippen LogP contribution in [0.15, 0.2) is 24.4 Å². The standard InChI is InChI=1S/C11H12N2O3/c1-13-9-7(6-12-13)4-3-5-8(9)10(14)11(15)16-2/h3-6,10,14H,1-2H3. The molecule has 0 aliphatic rings. The Labute approximate surface area is 92.2 Å². The smallest absolute Gasteiger partial charge is 0.339 e. The molecular formula is C11H12N2O3. The molecule has 2 rings (SSSR count). The lowest BCUT2D eigenvalue weighted by molar-refractivity contribution is -0.150. The number of aryl methyl sites for hydroxylation is 1. The monoisotopic (exact) mass is 220 g/mol.